The van der Waals surface area contributed by atoms with Crippen LogP contribution in [0, 0.1) is 11.8 Å². The van der Waals surface area contributed by atoms with Crippen molar-refractivity contribution >= 4 is 0 Å². The topological polar surface area (TPSA) is 115 Å². The van der Waals surface area contributed by atoms with Gasteiger partial charge in [-0.3, -0.25) is 0 Å². The van der Waals surface area contributed by atoms with Gasteiger partial charge < -0.3 is 40.1 Å². The molecule has 4 aliphatic heterocycles. The molecule has 4 aliphatic carbocycles. The number of aliphatic hydroxyl groups excluding tert-OH is 2. The third kappa shape index (κ3) is 2.85. The second-order valence-corrected chi connectivity index (χ2v) is 13.4. The molecule has 8 nitrogen and oxygen atoms in total. The average molecular weight is 557 g/mol. The van der Waals surface area contributed by atoms with Gasteiger partial charge in [-0.15, -0.1) is 0 Å². The highest BCUT2D eigenvalue weighted by Crippen LogP contribution is 2.63. The number of likely N-dealkylation sites (N-methyl/N-ethyl adjacent to an activating group) is 1. The number of nitrogens with zero attached hydrogens (tertiary/aromatic N) is 1. The Morgan fingerprint density at radius 3 is 2.02 bits per heavy atom. The summed E-state index contributed by atoms with van der Waals surface area (Å²) in [5.74, 6) is 2.35. The van der Waals surface area contributed by atoms with E-state index < -0.39 is 12.2 Å². The van der Waals surface area contributed by atoms with Crippen LogP contribution < -0.4 is 14.8 Å². The Balaban J connectivity index is 0.000000117. The number of phenolic OH excluding ortho intramolecular Hbond substituents is 2. The quantitative estimate of drug-likeness (QED) is 0.314. The molecule has 0 unspecified atom stereocenters. The molecule has 8 aliphatic rings. The van der Waals surface area contributed by atoms with Crippen LogP contribution in [0.2, 0.25) is 0 Å². The molecule has 0 radical (unpaired) electrons. The normalized spacial score (nSPS) is 42.8. The zero-order chi connectivity index (χ0) is 27.8. The first kappa shape index (κ1) is 24.5. The van der Waals surface area contributed by atoms with Gasteiger partial charge >= 0.3 is 0 Å². The van der Waals surface area contributed by atoms with Crippen molar-refractivity contribution in [3.63, 3.8) is 0 Å². The van der Waals surface area contributed by atoms with E-state index in [4.69, 9.17) is 9.47 Å². The molecule has 2 saturated heterocycles. The molecule has 214 valence electrons. The van der Waals surface area contributed by atoms with Crippen molar-refractivity contribution in [2.24, 2.45) is 11.8 Å². The minimum atomic E-state index is -0.595. The highest BCUT2D eigenvalue weighted by Gasteiger charge is 2.65. The minimum Gasteiger partial charge on any atom is -0.504 e. The first-order chi connectivity index (χ1) is 19.8. The first-order valence-corrected chi connectivity index (χ1v) is 15.0. The Hall–Kier alpha value is -3.04. The van der Waals surface area contributed by atoms with Gasteiger partial charge in [0.15, 0.2) is 23.0 Å². The van der Waals surface area contributed by atoms with E-state index in [9.17, 15) is 20.4 Å². The highest BCUT2D eigenvalue weighted by molar-refractivity contribution is 5.63. The molecule has 10 atom stereocenters. The van der Waals surface area contributed by atoms with Gasteiger partial charge in [0.25, 0.3) is 0 Å². The molecular weight excluding hydrogens is 520 g/mol. The van der Waals surface area contributed by atoms with Crippen LogP contribution in [0.25, 0.3) is 0 Å². The Kier molecular flexibility index (Phi) is 4.83. The average Bonchev–Trinajstić information content (AvgIpc) is 3.50. The lowest BCUT2D eigenvalue weighted by Crippen LogP contribution is -2.64. The number of nitrogens with one attached hydrogen (secondary N) is 1. The van der Waals surface area contributed by atoms with Crippen molar-refractivity contribution in [2.45, 2.75) is 73.0 Å². The summed E-state index contributed by atoms with van der Waals surface area (Å²) < 4.78 is 12.1. The lowest BCUT2D eigenvalue weighted by atomic mass is 9.53. The Morgan fingerprint density at radius 2 is 1.37 bits per heavy atom. The van der Waals surface area contributed by atoms with E-state index in [1.807, 2.05) is 24.3 Å². The van der Waals surface area contributed by atoms with Gasteiger partial charge in [-0.25, -0.2) is 0 Å². The van der Waals surface area contributed by atoms with Crippen molar-refractivity contribution in [2.75, 3.05) is 20.1 Å². The molecular formula is C33H36N2O6. The second kappa shape index (κ2) is 8.07. The minimum absolute atomic E-state index is 0.160. The van der Waals surface area contributed by atoms with E-state index in [0.29, 0.717) is 35.4 Å². The van der Waals surface area contributed by atoms with Crippen LogP contribution in [0.1, 0.15) is 35.1 Å². The van der Waals surface area contributed by atoms with Crippen molar-refractivity contribution < 1.29 is 29.9 Å². The fraction of sp³-hybridized carbons (Fsp3) is 0.515. The summed E-state index contributed by atoms with van der Waals surface area (Å²) in [6.45, 7) is 1.95. The van der Waals surface area contributed by atoms with Crippen LogP contribution >= 0.6 is 0 Å². The SMILES string of the molecule is CN1CC[C@]23c4c5ccc(O)c4O[C@H]2[C@@H](O)C=C[C@H]3[C@H]1C5.Oc1ccc2c3c1O[C@H]1[C@@H](O)C=C[C@H]4[C@@H](C2)NCC[C@@]341. The van der Waals surface area contributed by atoms with E-state index in [1.54, 1.807) is 12.1 Å². The molecule has 0 aromatic heterocycles. The number of rotatable bonds is 0. The second-order valence-electron chi connectivity index (χ2n) is 13.4. The molecule has 0 saturated carbocycles. The maximum atomic E-state index is 10.4. The number of likely N-dealkylation sites (tertiary alicyclic amines) is 1. The molecule has 4 bridgehead atoms. The summed E-state index contributed by atoms with van der Waals surface area (Å²) in [5, 5.41) is 44.8. The summed E-state index contributed by atoms with van der Waals surface area (Å²) >= 11 is 0. The van der Waals surface area contributed by atoms with Crippen molar-refractivity contribution in [1.29, 1.82) is 0 Å². The molecule has 0 amide bonds. The largest absolute Gasteiger partial charge is 0.504 e. The smallest absolute Gasteiger partial charge is 0.165 e. The number of hydrogen-bond donors (Lipinski definition) is 5. The lowest BCUT2D eigenvalue weighted by molar-refractivity contribution is -0.0453. The zero-order valence-corrected chi connectivity index (χ0v) is 23.0. The molecule has 2 aromatic carbocycles. The number of piperidine rings is 2. The van der Waals surface area contributed by atoms with Crippen molar-refractivity contribution in [3.8, 4) is 23.0 Å². The van der Waals surface area contributed by atoms with Gasteiger partial charge in [0.2, 0.25) is 0 Å². The Labute approximate surface area is 238 Å². The number of benzene rings is 2. The van der Waals surface area contributed by atoms with Gasteiger partial charge in [-0.2, -0.15) is 0 Å². The third-order valence-corrected chi connectivity index (χ3v) is 11.8. The van der Waals surface area contributed by atoms with E-state index in [1.165, 1.54) is 16.7 Å². The maximum absolute atomic E-state index is 10.4. The lowest BCUT2D eigenvalue weighted by Gasteiger charge is -2.56. The molecule has 4 heterocycles. The maximum Gasteiger partial charge on any atom is 0.165 e. The fourth-order valence-electron chi connectivity index (χ4n) is 10.2. The van der Waals surface area contributed by atoms with Crippen LogP contribution in [0.3, 0.4) is 0 Å². The number of ether oxygens (including phenoxy) is 2. The van der Waals surface area contributed by atoms with E-state index in [0.717, 1.165) is 44.3 Å². The number of aromatic hydroxyl groups is 2. The molecule has 10 rings (SSSR count). The molecule has 8 heteroatoms. The number of aliphatic hydroxyl groups is 2. The van der Waals surface area contributed by atoms with E-state index in [-0.39, 0.29) is 34.5 Å². The summed E-state index contributed by atoms with van der Waals surface area (Å²) in [6, 6.07) is 8.37. The summed E-state index contributed by atoms with van der Waals surface area (Å²) in [5.41, 5.74) is 4.55. The van der Waals surface area contributed by atoms with Crippen LogP contribution in [-0.2, 0) is 23.7 Å². The van der Waals surface area contributed by atoms with Crippen LogP contribution in [0.5, 0.6) is 23.0 Å². The van der Waals surface area contributed by atoms with Gasteiger partial charge in [0.05, 0.1) is 0 Å². The summed E-state index contributed by atoms with van der Waals surface area (Å²) in [7, 11) is 2.19. The standard InChI is InChI=1S/C17H19NO3.C16H17NO3/c1-18-7-6-17-10-3-5-13(20)16(17)21-15-12(19)4-2-9(14(15)17)8-11(10)18;18-11-3-1-8-7-10-9-2-4-12(19)15-16(9,5-6-17-10)13(8)14(11)20-15/h2-5,10-11,13,16,19-20H,6-8H2,1H3;1-4,9-10,12,15,17-19H,5-7H2/t10-,11+,13-,16-,17-;9-,10+,12-,15-,16-/m00/s1. The van der Waals surface area contributed by atoms with Gasteiger partial charge in [0.1, 0.15) is 24.4 Å². The summed E-state index contributed by atoms with van der Waals surface area (Å²) in [4.78, 5) is 2.43. The molecule has 5 N–H and O–H groups in total. The Morgan fingerprint density at radius 1 is 0.780 bits per heavy atom. The number of hydrogen-bond acceptors (Lipinski definition) is 8. The van der Waals surface area contributed by atoms with Crippen molar-refractivity contribution in [3.05, 3.63) is 70.8 Å². The predicted molar refractivity (Wildman–Crippen MR) is 151 cm³/mol. The molecule has 2 spiro atoms. The fourth-order valence-corrected chi connectivity index (χ4v) is 10.2. The first-order valence-electron chi connectivity index (χ1n) is 15.0. The van der Waals surface area contributed by atoms with E-state index in [2.05, 4.69) is 29.4 Å². The molecule has 41 heavy (non-hydrogen) atoms. The van der Waals surface area contributed by atoms with Crippen LogP contribution in [0.15, 0.2) is 48.6 Å². The Bertz CT molecular complexity index is 1540. The van der Waals surface area contributed by atoms with Gasteiger partial charge in [0, 0.05) is 45.9 Å². The van der Waals surface area contributed by atoms with Crippen LogP contribution in [0.4, 0.5) is 0 Å². The van der Waals surface area contributed by atoms with E-state index >= 15 is 0 Å². The molecule has 2 aromatic rings. The van der Waals surface area contributed by atoms with Gasteiger partial charge in [-0.1, -0.05) is 36.4 Å². The highest BCUT2D eigenvalue weighted by atomic mass is 16.5. The van der Waals surface area contributed by atoms with Gasteiger partial charge in [-0.05, 0) is 69.1 Å². The van der Waals surface area contributed by atoms with Crippen molar-refractivity contribution in [1.82, 2.24) is 10.2 Å². The summed E-state index contributed by atoms with van der Waals surface area (Å²) in [6.07, 6.45) is 10.3. The number of phenols is 2. The monoisotopic (exact) mass is 556 g/mol. The third-order valence-electron chi connectivity index (χ3n) is 11.8. The van der Waals surface area contributed by atoms with Crippen LogP contribution in [-0.4, -0.2) is 82.0 Å². The zero-order valence-electron chi connectivity index (χ0n) is 23.0. The predicted octanol–water partition coefficient (Wildman–Crippen LogP) is 2.05. The molecule has 2 fully saturated rings.